The van der Waals surface area contributed by atoms with Crippen molar-refractivity contribution in [1.29, 1.82) is 0 Å². The molecule has 1 aromatic carbocycles. The van der Waals surface area contributed by atoms with E-state index in [1.54, 1.807) is 24.3 Å². The molecule has 0 amide bonds. The lowest BCUT2D eigenvalue weighted by atomic mass is 10.1. The number of halogens is 1. The summed E-state index contributed by atoms with van der Waals surface area (Å²) in [7, 11) is -3.51. The van der Waals surface area contributed by atoms with E-state index < -0.39 is 10.0 Å². The van der Waals surface area contributed by atoms with Crippen molar-refractivity contribution in [2.75, 3.05) is 13.1 Å². The first-order valence-corrected chi connectivity index (χ1v) is 8.93. The Kier molecular flexibility index (Phi) is 4.04. The van der Waals surface area contributed by atoms with Crippen LogP contribution in [0.15, 0.2) is 29.2 Å². The van der Waals surface area contributed by atoms with Crippen LogP contribution >= 0.6 is 11.6 Å². The van der Waals surface area contributed by atoms with Crippen LogP contribution in [0.2, 0.25) is 5.02 Å². The van der Waals surface area contributed by atoms with Crippen LogP contribution in [0.25, 0.3) is 0 Å². The van der Waals surface area contributed by atoms with Crippen LogP contribution in [0.3, 0.4) is 0 Å². The number of likely N-dealkylation sites (tertiary alicyclic amines) is 1. The highest BCUT2D eigenvalue weighted by atomic mass is 35.5. The molecule has 1 saturated heterocycles. The summed E-state index contributed by atoms with van der Waals surface area (Å²) in [6.07, 6.45) is 4.35. The van der Waals surface area contributed by atoms with E-state index in [0.29, 0.717) is 0 Å². The quantitative estimate of drug-likeness (QED) is 0.927. The van der Waals surface area contributed by atoms with Crippen molar-refractivity contribution in [3.05, 3.63) is 29.3 Å². The predicted octanol–water partition coefficient (Wildman–Crippen LogP) is 2.25. The zero-order chi connectivity index (χ0) is 14.2. The van der Waals surface area contributed by atoms with E-state index in [4.69, 9.17) is 11.6 Å². The molecule has 1 aromatic rings. The Morgan fingerprint density at radius 2 is 1.75 bits per heavy atom. The molecule has 1 heterocycles. The Morgan fingerprint density at radius 1 is 1.10 bits per heavy atom. The zero-order valence-electron chi connectivity index (χ0n) is 11.3. The van der Waals surface area contributed by atoms with Gasteiger partial charge in [0, 0.05) is 12.1 Å². The molecule has 1 aliphatic carbocycles. The van der Waals surface area contributed by atoms with Gasteiger partial charge in [-0.2, -0.15) is 0 Å². The Bertz CT molecular complexity index is 579. The summed E-state index contributed by atoms with van der Waals surface area (Å²) in [5, 5.41) is 0.274. The monoisotopic (exact) mass is 314 g/mol. The van der Waals surface area contributed by atoms with Gasteiger partial charge in [0.15, 0.2) is 0 Å². The van der Waals surface area contributed by atoms with Gasteiger partial charge in [-0.25, -0.2) is 13.1 Å². The average Bonchev–Trinajstić information content (AvgIpc) is 3.24. The van der Waals surface area contributed by atoms with Crippen LogP contribution in [-0.4, -0.2) is 38.5 Å². The van der Waals surface area contributed by atoms with E-state index >= 15 is 0 Å². The summed E-state index contributed by atoms with van der Waals surface area (Å²) in [5.74, 6) is 0. The molecule has 20 heavy (non-hydrogen) atoms. The molecular weight excluding hydrogens is 296 g/mol. The van der Waals surface area contributed by atoms with Crippen LogP contribution in [-0.2, 0) is 10.0 Å². The molecule has 1 N–H and O–H groups in total. The van der Waals surface area contributed by atoms with Crippen molar-refractivity contribution in [2.45, 2.75) is 42.7 Å². The molecule has 2 fully saturated rings. The van der Waals surface area contributed by atoms with Gasteiger partial charge in [-0.3, -0.25) is 0 Å². The molecule has 0 atom stereocenters. The van der Waals surface area contributed by atoms with E-state index in [0.717, 1.165) is 32.0 Å². The van der Waals surface area contributed by atoms with Gasteiger partial charge in [0.05, 0.1) is 5.02 Å². The smallest absolute Gasteiger partial charge is 0.242 e. The van der Waals surface area contributed by atoms with Gasteiger partial charge in [-0.15, -0.1) is 0 Å². The third-order valence-electron chi connectivity index (χ3n) is 4.04. The fourth-order valence-corrected chi connectivity index (χ4v) is 4.59. The topological polar surface area (TPSA) is 49.4 Å². The maximum Gasteiger partial charge on any atom is 0.242 e. The van der Waals surface area contributed by atoms with Gasteiger partial charge in [0.2, 0.25) is 10.0 Å². The van der Waals surface area contributed by atoms with Crippen LogP contribution in [0.4, 0.5) is 0 Å². The standard InChI is InChI=1S/C14H19ClN2O2S/c15-13-3-1-2-4-14(13)20(18,19)16-11-7-9-17(10-8-11)12-5-6-12/h1-4,11-12,16H,5-10H2. The number of hydrogen-bond donors (Lipinski definition) is 1. The Hall–Kier alpha value is -0.620. The Balaban J connectivity index is 1.64. The summed E-state index contributed by atoms with van der Waals surface area (Å²) < 4.78 is 27.5. The van der Waals surface area contributed by atoms with Crippen LogP contribution in [0.5, 0.6) is 0 Å². The SMILES string of the molecule is O=S(=O)(NC1CCN(C2CC2)CC1)c1ccccc1Cl. The second-order valence-electron chi connectivity index (χ2n) is 5.59. The fourth-order valence-electron chi connectivity index (χ4n) is 2.77. The highest BCUT2D eigenvalue weighted by Gasteiger charge is 2.33. The average molecular weight is 315 g/mol. The molecule has 110 valence electrons. The molecule has 3 rings (SSSR count). The first-order chi connectivity index (χ1) is 9.56. The number of nitrogens with zero attached hydrogens (tertiary/aromatic N) is 1. The van der Waals surface area contributed by atoms with Crippen LogP contribution in [0.1, 0.15) is 25.7 Å². The van der Waals surface area contributed by atoms with Gasteiger partial charge in [-0.05, 0) is 50.9 Å². The molecule has 2 aliphatic rings. The van der Waals surface area contributed by atoms with Crippen LogP contribution in [0, 0.1) is 0 Å². The fraction of sp³-hybridized carbons (Fsp3) is 0.571. The lowest BCUT2D eigenvalue weighted by Crippen LogP contribution is -2.45. The van der Waals surface area contributed by atoms with Gasteiger partial charge in [0.1, 0.15) is 4.90 Å². The molecular formula is C14H19ClN2O2S. The lowest BCUT2D eigenvalue weighted by Gasteiger charge is -2.32. The third-order valence-corrected chi connectivity index (χ3v) is 6.06. The van der Waals surface area contributed by atoms with Crippen LogP contribution < -0.4 is 4.72 Å². The number of sulfonamides is 1. The summed E-state index contributed by atoms with van der Waals surface area (Å²) >= 11 is 5.97. The second-order valence-corrected chi connectivity index (χ2v) is 7.68. The van der Waals surface area contributed by atoms with Crippen molar-refractivity contribution in [1.82, 2.24) is 9.62 Å². The first-order valence-electron chi connectivity index (χ1n) is 7.07. The zero-order valence-corrected chi connectivity index (χ0v) is 12.8. The second kappa shape index (κ2) is 5.64. The van der Waals surface area contributed by atoms with Crippen molar-refractivity contribution in [3.8, 4) is 0 Å². The first kappa shape index (κ1) is 14.3. The summed E-state index contributed by atoms with van der Waals surface area (Å²) in [4.78, 5) is 2.65. The Labute approximate surface area is 125 Å². The van der Waals surface area contributed by atoms with E-state index in [-0.39, 0.29) is 16.0 Å². The summed E-state index contributed by atoms with van der Waals surface area (Å²) in [6.45, 7) is 1.97. The van der Waals surface area contributed by atoms with E-state index in [9.17, 15) is 8.42 Å². The molecule has 0 spiro atoms. The number of piperidine rings is 1. The minimum absolute atomic E-state index is 0.0197. The van der Waals surface area contributed by atoms with Gasteiger partial charge >= 0.3 is 0 Å². The molecule has 6 heteroatoms. The van der Waals surface area contributed by atoms with E-state index in [1.807, 2.05) is 0 Å². The molecule has 1 aliphatic heterocycles. The minimum atomic E-state index is -3.51. The number of rotatable bonds is 4. The van der Waals surface area contributed by atoms with E-state index in [1.165, 1.54) is 12.8 Å². The minimum Gasteiger partial charge on any atom is -0.300 e. The number of benzene rings is 1. The number of nitrogens with one attached hydrogen (secondary N) is 1. The summed E-state index contributed by atoms with van der Waals surface area (Å²) in [6, 6.07) is 7.35. The van der Waals surface area contributed by atoms with Crippen molar-refractivity contribution >= 4 is 21.6 Å². The normalized spacial score (nSPS) is 22.1. The largest absolute Gasteiger partial charge is 0.300 e. The Morgan fingerprint density at radius 3 is 2.35 bits per heavy atom. The molecule has 0 bridgehead atoms. The summed E-state index contributed by atoms with van der Waals surface area (Å²) in [5.41, 5.74) is 0. The highest BCUT2D eigenvalue weighted by Crippen LogP contribution is 2.29. The van der Waals surface area contributed by atoms with Gasteiger partial charge in [0.25, 0.3) is 0 Å². The molecule has 0 aromatic heterocycles. The van der Waals surface area contributed by atoms with Gasteiger partial charge < -0.3 is 4.90 Å². The van der Waals surface area contributed by atoms with E-state index in [2.05, 4.69) is 9.62 Å². The molecule has 0 radical (unpaired) electrons. The molecule has 0 unspecified atom stereocenters. The lowest BCUT2D eigenvalue weighted by molar-refractivity contribution is 0.199. The molecule has 4 nitrogen and oxygen atoms in total. The highest BCUT2D eigenvalue weighted by molar-refractivity contribution is 7.89. The maximum atomic E-state index is 12.3. The third kappa shape index (κ3) is 3.17. The van der Waals surface area contributed by atoms with Crippen molar-refractivity contribution in [2.24, 2.45) is 0 Å². The van der Waals surface area contributed by atoms with Crippen molar-refractivity contribution < 1.29 is 8.42 Å². The van der Waals surface area contributed by atoms with Crippen molar-refractivity contribution in [3.63, 3.8) is 0 Å². The maximum absolute atomic E-state index is 12.3. The predicted molar refractivity (Wildman–Crippen MR) is 79.4 cm³/mol. The van der Waals surface area contributed by atoms with Gasteiger partial charge in [-0.1, -0.05) is 23.7 Å². The molecule has 1 saturated carbocycles. The number of hydrogen-bond acceptors (Lipinski definition) is 3.